The van der Waals surface area contributed by atoms with Gasteiger partial charge in [-0.15, -0.1) is 0 Å². The van der Waals surface area contributed by atoms with Crippen LogP contribution in [0, 0.1) is 11.8 Å². The third kappa shape index (κ3) is 2.14. The van der Waals surface area contributed by atoms with E-state index in [1.54, 1.807) is 7.05 Å². The highest BCUT2D eigenvalue weighted by Crippen LogP contribution is 2.37. The highest BCUT2D eigenvalue weighted by Gasteiger charge is 2.38. The van der Waals surface area contributed by atoms with Gasteiger partial charge in [-0.25, -0.2) is 4.79 Å². The van der Waals surface area contributed by atoms with Crippen molar-refractivity contribution in [1.29, 1.82) is 0 Å². The van der Waals surface area contributed by atoms with Crippen LogP contribution >= 0.6 is 11.5 Å². The van der Waals surface area contributed by atoms with Gasteiger partial charge in [0.1, 0.15) is 0 Å². The molecular formula is C11H17N5OS. The highest BCUT2D eigenvalue weighted by molar-refractivity contribution is 7.10. The number of amides is 2. The van der Waals surface area contributed by atoms with Crippen LogP contribution in [0.2, 0.25) is 0 Å². The second-order valence-electron chi connectivity index (χ2n) is 4.96. The summed E-state index contributed by atoms with van der Waals surface area (Å²) in [4.78, 5) is 18.1. The van der Waals surface area contributed by atoms with Crippen LogP contribution in [0.5, 0.6) is 0 Å². The van der Waals surface area contributed by atoms with Crippen LogP contribution in [0.15, 0.2) is 0 Å². The molecule has 3 rings (SSSR count). The molecule has 0 radical (unpaired) electrons. The number of fused-ring (bicyclic) bond motifs is 1. The van der Waals surface area contributed by atoms with E-state index in [9.17, 15) is 4.79 Å². The number of carbonyl (C=O) groups is 1. The van der Waals surface area contributed by atoms with Gasteiger partial charge >= 0.3 is 6.03 Å². The topological polar surface area (TPSA) is 70.2 Å². The van der Waals surface area contributed by atoms with E-state index in [2.05, 4.69) is 20.0 Å². The molecule has 1 aromatic heterocycles. The minimum absolute atomic E-state index is 0.0387. The maximum atomic E-state index is 12.1. The lowest BCUT2D eigenvalue weighted by Gasteiger charge is -2.16. The number of hydrogen-bond donors (Lipinski definition) is 2. The summed E-state index contributed by atoms with van der Waals surface area (Å²) in [7, 11) is 1.76. The van der Waals surface area contributed by atoms with E-state index in [1.165, 1.54) is 30.8 Å². The van der Waals surface area contributed by atoms with Gasteiger partial charge in [-0.05, 0) is 24.7 Å². The smallest absolute Gasteiger partial charge is 0.323 e. The number of likely N-dealkylation sites (tertiary alicyclic amines) is 1. The molecule has 1 aliphatic carbocycles. The van der Waals surface area contributed by atoms with Crippen molar-refractivity contribution < 1.29 is 4.79 Å². The van der Waals surface area contributed by atoms with Crippen molar-refractivity contribution in [3.05, 3.63) is 0 Å². The Morgan fingerprint density at radius 2 is 2.11 bits per heavy atom. The average molecular weight is 267 g/mol. The summed E-state index contributed by atoms with van der Waals surface area (Å²) < 4.78 is 4.06. The molecule has 7 heteroatoms. The van der Waals surface area contributed by atoms with Crippen LogP contribution in [-0.4, -0.2) is 40.4 Å². The van der Waals surface area contributed by atoms with Crippen molar-refractivity contribution in [3.8, 4) is 0 Å². The van der Waals surface area contributed by atoms with Gasteiger partial charge in [0.05, 0.1) is 0 Å². The van der Waals surface area contributed by atoms with Crippen LogP contribution in [0.25, 0.3) is 0 Å². The fraction of sp³-hybridized carbons (Fsp3) is 0.727. The first-order valence-corrected chi connectivity index (χ1v) is 7.11. The van der Waals surface area contributed by atoms with Gasteiger partial charge in [-0.1, -0.05) is 6.42 Å². The molecule has 98 valence electrons. The van der Waals surface area contributed by atoms with Crippen LogP contribution in [0.3, 0.4) is 0 Å². The van der Waals surface area contributed by atoms with Crippen LogP contribution in [-0.2, 0) is 0 Å². The van der Waals surface area contributed by atoms with Crippen molar-refractivity contribution in [2.45, 2.75) is 19.3 Å². The van der Waals surface area contributed by atoms with Crippen molar-refractivity contribution in [1.82, 2.24) is 14.3 Å². The Bertz CT molecular complexity index is 436. The molecule has 1 aromatic rings. The number of nitrogens with one attached hydrogen (secondary N) is 2. The Hall–Kier alpha value is -1.37. The van der Waals surface area contributed by atoms with Crippen LogP contribution in [0.1, 0.15) is 19.3 Å². The van der Waals surface area contributed by atoms with Crippen molar-refractivity contribution >= 4 is 28.6 Å². The Balaban J connectivity index is 1.58. The number of rotatable bonds is 2. The quantitative estimate of drug-likeness (QED) is 0.858. The van der Waals surface area contributed by atoms with E-state index in [-0.39, 0.29) is 6.03 Å². The molecule has 2 atom stereocenters. The number of aromatic nitrogens is 2. The first kappa shape index (κ1) is 11.7. The summed E-state index contributed by atoms with van der Waals surface area (Å²) in [5, 5.41) is 6.22. The lowest BCUT2D eigenvalue weighted by atomic mass is 10.0. The Kier molecular flexibility index (Phi) is 3.07. The van der Waals surface area contributed by atoms with Gasteiger partial charge in [0.25, 0.3) is 0 Å². The van der Waals surface area contributed by atoms with Crippen LogP contribution in [0.4, 0.5) is 15.9 Å². The zero-order valence-electron chi connectivity index (χ0n) is 10.3. The fourth-order valence-electron chi connectivity index (χ4n) is 2.95. The molecule has 2 N–H and O–H groups in total. The maximum absolute atomic E-state index is 12.1. The number of carbonyl (C=O) groups excluding carboxylic acids is 1. The maximum Gasteiger partial charge on any atom is 0.323 e. The number of urea groups is 1. The lowest BCUT2D eigenvalue weighted by molar-refractivity contribution is 0.219. The average Bonchev–Trinajstić information content (AvgIpc) is 3.02. The van der Waals surface area contributed by atoms with E-state index in [4.69, 9.17) is 0 Å². The predicted molar refractivity (Wildman–Crippen MR) is 70.9 cm³/mol. The third-order valence-corrected chi connectivity index (χ3v) is 4.51. The molecule has 2 aliphatic rings. The third-order valence-electron chi connectivity index (χ3n) is 3.88. The summed E-state index contributed by atoms with van der Waals surface area (Å²) >= 11 is 1.20. The molecule has 1 saturated carbocycles. The van der Waals surface area contributed by atoms with Crippen molar-refractivity contribution in [3.63, 3.8) is 0 Å². The molecule has 0 spiro atoms. The molecule has 2 amide bonds. The largest absolute Gasteiger partial charge is 0.356 e. The van der Waals surface area contributed by atoms with Gasteiger partial charge in [0.2, 0.25) is 11.1 Å². The summed E-state index contributed by atoms with van der Waals surface area (Å²) in [6, 6.07) is -0.0387. The summed E-state index contributed by atoms with van der Waals surface area (Å²) in [5.74, 6) is 1.99. The predicted octanol–water partition coefficient (Wildman–Crippen LogP) is 1.84. The Morgan fingerprint density at radius 1 is 1.39 bits per heavy atom. The first-order valence-electron chi connectivity index (χ1n) is 6.33. The summed E-state index contributed by atoms with van der Waals surface area (Å²) in [6.07, 6.45) is 3.88. The molecule has 6 nitrogen and oxygen atoms in total. The van der Waals surface area contributed by atoms with E-state index in [0.717, 1.165) is 24.9 Å². The van der Waals surface area contributed by atoms with Gasteiger partial charge in [0.15, 0.2) is 0 Å². The molecule has 18 heavy (non-hydrogen) atoms. The Morgan fingerprint density at radius 3 is 2.72 bits per heavy atom. The second-order valence-corrected chi connectivity index (χ2v) is 5.71. The van der Waals surface area contributed by atoms with Crippen molar-refractivity contribution in [2.24, 2.45) is 11.8 Å². The van der Waals surface area contributed by atoms with E-state index < -0.39 is 0 Å². The number of hydrogen-bond acceptors (Lipinski definition) is 5. The molecule has 2 unspecified atom stereocenters. The van der Waals surface area contributed by atoms with Gasteiger partial charge < -0.3 is 10.2 Å². The summed E-state index contributed by atoms with van der Waals surface area (Å²) in [5.41, 5.74) is 0. The zero-order chi connectivity index (χ0) is 12.5. The molecule has 2 fully saturated rings. The SMILES string of the molecule is CNc1nsc(NC(=O)N2CC3CCCC3C2)n1. The van der Waals surface area contributed by atoms with E-state index >= 15 is 0 Å². The minimum atomic E-state index is -0.0387. The Labute approximate surface area is 110 Å². The van der Waals surface area contributed by atoms with Gasteiger partial charge in [-0.3, -0.25) is 5.32 Å². The zero-order valence-corrected chi connectivity index (χ0v) is 11.2. The monoisotopic (exact) mass is 267 g/mol. The van der Waals surface area contributed by atoms with Gasteiger partial charge in [-0.2, -0.15) is 9.36 Å². The minimum Gasteiger partial charge on any atom is -0.356 e. The number of nitrogens with zero attached hydrogens (tertiary/aromatic N) is 3. The lowest BCUT2D eigenvalue weighted by Crippen LogP contribution is -2.33. The molecule has 0 bridgehead atoms. The first-order chi connectivity index (χ1) is 8.76. The van der Waals surface area contributed by atoms with Crippen LogP contribution < -0.4 is 10.6 Å². The van der Waals surface area contributed by atoms with E-state index in [1.807, 2.05) is 4.90 Å². The summed E-state index contributed by atoms with van der Waals surface area (Å²) in [6.45, 7) is 1.79. The molecule has 1 aliphatic heterocycles. The second kappa shape index (κ2) is 4.72. The highest BCUT2D eigenvalue weighted by atomic mass is 32.1. The molecular weight excluding hydrogens is 250 g/mol. The fourth-order valence-corrected chi connectivity index (χ4v) is 3.51. The number of anilines is 2. The van der Waals surface area contributed by atoms with Gasteiger partial charge in [0, 0.05) is 31.7 Å². The normalized spacial score (nSPS) is 26.2. The van der Waals surface area contributed by atoms with Crippen molar-refractivity contribution in [2.75, 3.05) is 30.8 Å². The molecule has 0 aromatic carbocycles. The molecule has 2 heterocycles. The standard InChI is InChI=1S/C11H17N5OS/c1-12-9-13-10(18-15-9)14-11(17)16-5-7-3-2-4-8(7)6-16/h7-8H,2-6H2,1H3,(H2,12,13,14,15,17). The molecule has 1 saturated heterocycles. The van der Waals surface area contributed by atoms with E-state index in [0.29, 0.717) is 11.1 Å².